The number of para-hydroxylation sites is 1. The lowest BCUT2D eigenvalue weighted by atomic mass is 10.0. The zero-order valence-electron chi connectivity index (χ0n) is 9.87. The standard InChI is InChI=1S/C12H14Br2N2O2/c1-15-10-6-18-5-7(10)12(17)16-11-8(13)3-2-4-9(11)14/h2-4,7,10,15H,5-6H2,1H3,(H,16,17). The maximum absolute atomic E-state index is 12.2. The van der Waals surface area contributed by atoms with Crippen LogP contribution >= 0.6 is 31.9 Å². The van der Waals surface area contributed by atoms with E-state index in [2.05, 4.69) is 42.5 Å². The van der Waals surface area contributed by atoms with Crippen molar-refractivity contribution in [2.75, 3.05) is 25.6 Å². The van der Waals surface area contributed by atoms with Gasteiger partial charge in [-0.1, -0.05) is 6.07 Å². The molecule has 2 rings (SSSR count). The van der Waals surface area contributed by atoms with Gasteiger partial charge in [0.05, 0.1) is 24.8 Å². The first-order valence-electron chi connectivity index (χ1n) is 5.63. The van der Waals surface area contributed by atoms with E-state index in [9.17, 15) is 4.79 Å². The second kappa shape index (κ2) is 6.14. The molecule has 0 aromatic heterocycles. The number of amides is 1. The summed E-state index contributed by atoms with van der Waals surface area (Å²) in [6, 6.07) is 5.76. The first-order valence-corrected chi connectivity index (χ1v) is 7.22. The van der Waals surface area contributed by atoms with Gasteiger partial charge >= 0.3 is 0 Å². The van der Waals surface area contributed by atoms with Gasteiger partial charge in [0.15, 0.2) is 0 Å². The minimum Gasteiger partial charge on any atom is -0.379 e. The Bertz CT molecular complexity index is 433. The Morgan fingerprint density at radius 2 is 2.00 bits per heavy atom. The van der Waals surface area contributed by atoms with Gasteiger partial charge in [0.25, 0.3) is 0 Å². The van der Waals surface area contributed by atoms with Crippen molar-refractivity contribution in [2.24, 2.45) is 5.92 Å². The zero-order chi connectivity index (χ0) is 13.1. The summed E-state index contributed by atoms with van der Waals surface area (Å²) in [7, 11) is 1.84. The van der Waals surface area contributed by atoms with Crippen LogP contribution in [0.3, 0.4) is 0 Å². The summed E-state index contributed by atoms with van der Waals surface area (Å²) in [5.41, 5.74) is 0.754. The lowest BCUT2D eigenvalue weighted by molar-refractivity contribution is -0.120. The average Bonchev–Trinajstić information content (AvgIpc) is 2.82. The predicted octanol–water partition coefficient (Wildman–Crippen LogP) is 2.38. The van der Waals surface area contributed by atoms with Crippen LogP contribution in [0.5, 0.6) is 0 Å². The van der Waals surface area contributed by atoms with Gasteiger partial charge in [0.1, 0.15) is 0 Å². The van der Waals surface area contributed by atoms with Crippen molar-refractivity contribution >= 4 is 43.5 Å². The SMILES string of the molecule is CNC1COCC1C(=O)Nc1c(Br)cccc1Br. The molecule has 2 unspecified atom stereocenters. The lowest BCUT2D eigenvalue weighted by Crippen LogP contribution is -2.39. The molecule has 0 saturated carbocycles. The van der Waals surface area contributed by atoms with Gasteiger partial charge in [-0.15, -0.1) is 0 Å². The summed E-state index contributed by atoms with van der Waals surface area (Å²) in [4.78, 5) is 12.2. The summed E-state index contributed by atoms with van der Waals surface area (Å²) in [5.74, 6) is -0.187. The van der Waals surface area contributed by atoms with Gasteiger partial charge in [0, 0.05) is 15.0 Å². The molecule has 1 saturated heterocycles. The van der Waals surface area contributed by atoms with E-state index < -0.39 is 0 Å². The summed E-state index contributed by atoms with van der Waals surface area (Å²) in [6.45, 7) is 1.03. The fourth-order valence-electron chi connectivity index (χ4n) is 1.93. The van der Waals surface area contributed by atoms with Gasteiger partial charge in [0.2, 0.25) is 5.91 Å². The summed E-state index contributed by atoms with van der Waals surface area (Å²) in [5, 5.41) is 6.03. The number of nitrogens with one attached hydrogen (secondary N) is 2. The van der Waals surface area contributed by atoms with E-state index in [-0.39, 0.29) is 17.9 Å². The molecule has 0 radical (unpaired) electrons. The highest BCUT2D eigenvalue weighted by atomic mass is 79.9. The van der Waals surface area contributed by atoms with Crippen molar-refractivity contribution in [1.82, 2.24) is 5.32 Å². The number of likely N-dealkylation sites (N-methyl/N-ethyl adjacent to an activating group) is 1. The number of ether oxygens (including phenoxy) is 1. The van der Waals surface area contributed by atoms with Crippen LogP contribution in [0.4, 0.5) is 5.69 Å². The highest BCUT2D eigenvalue weighted by molar-refractivity contribution is 9.11. The van der Waals surface area contributed by atoms with Crippen LogP contribution in [0, 0.1) is 5.92 Å². The third kappa shape index (κ3) is 2.93. The fraction of sp³-hybridized carbons (Fsp3) is 0.417. The summed E-state index contributed by atoms with van der Waals surface area (Å²) in [6.07, 6.45) is 0. The van der Waals surface area contributed by atoms with E-state index in [1.165, 1.54) is 0 Å². The van der Waals surface area contributed by atoms with E-state index in [1.54, 1.807) is 0 Å². The molecular formula is C12H14Br2N2O2. The molecule has 1 aliphatic rings. The van der Waals surface area contributed by atoms with E-state index in [1.807, 2.05) is 25.2 Å². The lowest BCUT2D eigenvalue weighted by Gasteiger charge is -2.17. The molecule has 1 heterocycles. The quantitative estimate of drug-likeness (QED) is 0.850. The molecule has 0 bridgehead atoms. The molecule has 2 N–H and O–H groups in total. The van der Waals surface area contributed by atoms with Crippen LogP contribution < -0.4 is 10.6 Å². The Morgan fingerprint density at radius 3 is 2.61 bits per heavy atom. The van der Waals surface area contributed by atoms with Crippen molar-refractivity contribution in [3.05, 3.63) is 27.1 Å². The number of anilines is 1. The van der Waals surface area contributed by atoms with Crippen LogP contribution in [0.25, 0.3) is 0 Å². The minimum absolute atomic E-state index is 0.0283. The molecule has 1 aromatic rings. The van der Waals surface area contributed by atoms with Crippen LogP contribution in [-0.4, -0.2) is 32.2 Å². The number of hydrogen-bond donors (Lipinski definition) is 2. The van der Waals surface area contributed by atoms with Gasteiger partial charge in [-0.3, -0.25) is 4.79 Å². The van der Waals surface area contributed by atoms with Crippen LogP contribution in [0.2, 0.25) is 0 Å². The van der Waals surface area contributed by atoms with Gasteiger partial charge in [-0.2, -0.15) is 0 Å². The molecule has 0 spiro atoms. The molecule has 98 valence electrons. The van der Waals surface area contributed by atoms with Crippen molar-refractivity contribution in [3.63, 3.8) is 0 Å². The molecule has 1 amide bonds. The van der Waals surface area contributed by atoms with Crippen molar-refractivity contribution in [2.45, 2.75) is 6.04 Å². The molecule has 1 aliphatic heterocycles. The maximum atomic E-state index is 12.2. The fourth-order valence-corrected chi connectivity index (χ4v) is 3.13. The Hall–Kier alpha value is -0.430. The monoisotopic (exact) mass is 376 g/mol. The smallest absolute Gasteiger partial charge is 0.231 e. The topological polar surface area (TPSA) is 50.4 Å². The molecule has 0 aliphatic carbocycles. The number of carbonyl (C=O) groups is 1. The normalized spacial score (nSPS) is 23.1. The number of carbonyl (C=O) groups excluding carboxylic acids is 1. The van der Waals surface area contributed by atoms with Crippen molar-refractivity contribution < 1.29 is 9.53 Å². The predicted molar refractivity (Wildman–Crippen MR) is 77.6 cm³/mol. The summed E-state index contributed by atoms with van der Waals surface area (Å²) < 4.78 is 7.04. The Morgan fingerprint density at radius 1 is 1.33 bits per heavy atom. The average molecular weight is 378 g/mol. The van der Waals surface area contributed by atoms with Crippen LogP contribution in [0.15, 0.2) is 27.1 Å². The third-order valence-corrected chi connectivity index (χ3v) is 4.32. The summed E-state index contributed by atoms with van der Waals surface area (Å²) >= 11 is 6.85. The molecular weight excluding hydrogens is 364 g/mol. The first kappa shape index (κ1) is 14.0. The number of halogens is 2. The maximum Gasteiger partial charge on any atom is 0.231 e. The van der Waals surface area contributed by atoms with Gasteiger partial charge < -0.3 is 15.4 Å². The third-order valence-electron chi connectivity index (χ3n) is 3.00. The van der Waals surface area contributed by atoms with Crippen LogP contribution in [-0.2, 0) is 9.53 Å². The molecule has 2 atom stereocenters. The number of benzene rings is 1. The largest absolute Gasteiger partial charge is 0.379 e. The van der Waals surface area contributed by atoms with Gasteiger partial charge in [-0.25, -0.2) is 0 Å². The van der Waals surface area contributed by atoms with E-state index in [0.29, 0.717) is 13.2 Å². The van der Waals surface area contributed by atoms with Crippen LogP contribution in [0.1, 0.15) is 0 Å². The molecule has 18 heavy (non-hydrogen) atoms. The van der Waals surface area contributed by atoms with E-state index >= 15 is 0 Å². The van der Waals surface area contributed by atoms with Crippen molar-refractivity contribution in [3.8, 4) is 0 Å². The zero-order valence-corrected chi connectivity index (χ0v) is 13.0. The number of hydrogen-bond acceptors (Lipinski definition) is 3. The molecule has 1 fully saturated rings. The molecule has 4 nitrogen and oxygen atoms in total. The highest BCUT2D eigenvalue weighted by Crippen LogP contribution is 2.31. The highest BCUT2D eigenvalue weighted by Gasteiger charge is 2.33. The van der Waals surface area contributed by atoms with E-state index in [0.717, 1.165) is 14.6 Å². The number of rotatable bonds is 3. The Kier molecular flexibility index (Phi) is 4.77. The Balaban J connectivity index is 2.12. The Labute approximate surface area is 123 Å². The van der Waals surface area contributed by atoms with Crippen molar-refractivity contribution in [1.29, 1.82) is 0 Å². The first-order chi connectivity index (χ1) is 8.63. The minimum atomic E-state index is -0.158. The molecule has 6 heteroatoms. The second-order valence-corrected chi connectivity index (χ2v) is 5.83. The van der Waals surface area contributed by atoms with E-state index in [4.69, 9.17) is 4.74 Å². The second-order valence-electron chi connectivity index (χ2n) is 4.13. The van der Waals surface area contributed by atoms with Gasteiger partial charge in [-0.05, 0) is 51.0 Å². The molecule has 1 aromatic carbocycles.